The second-order valence-corrected chi connectivity index (χ2v) is 5.26. The minimum absolute atomic E-state index is 0.714. The number of hydrogen-bond donors (Lipinski definition) is 0. The number of benzene rings is 3. The summed E-state index contributed by atoms with van der Waals surface area (Å²) in [5, 5.41) is 0.715. The van der Waals surface area contributed by atoms with Gasteiger partial charge in [-0.05, 0) is 47.5 Å². The van der Waals surface area contributed by atoms with Gasteiger partial charge in [-0.2, -0.15) is 0 Å². The standard InChI is InChI=1S/C18H11ClO2/c19-14-5-3-4-12(10-14)13-8-9-17-18(11-13)21-16-7-2-1-6-15(16)20-17/h1-11H. The molecule has 4 rings (SSSR count). The first-order chi connectivity index (χ1) is 10.3. The highest BCUT2D eigenvalue weighted by molar-refractivity contribution is 6.30. The predicted molar refractivity (Wildman–Crippen MR) is 83.5 cm³/mol. The number of fused-ring (bicyclic) bond motifs is 2. The van der Waals surface area contributed by atoms with Crippen LogP contribution in [0.25, 0.3) is 11.1 Å². The number of ether oxygens (including phenoxy) is 2. The molecular formula is C18H11ClO2. The van der Waals surface area contributed by atoms with Crippen LogP contribution >= 0.6 is 11.6 Å². The van der Waals surface area contributed by atoms with E-state index in [2.05, 4.69) is 0 Å². The smallest absolute Gasteiger partial charge is 0.170 e. The van der Waals surface area contributed by atoms with Gasteiger partial charge in [0.2, 0.25) is 0 Å². The summed E-state index contributed by atoms with van der Waals surface area (Å²) in [5.74, 6) is 2.90. The van der Waals surface area contributed by atoms with Crippen molar-refractivity contribution in [3.05, 3.63) is 71.8 Å². The second-order valence-electron chi connectivity index (χ2n) is 4.82. The van der Waals surface area contributed by atoms with E-state index in [9.17, 15) is 0 Å². The van der Waals surface area contributed by atoms with Gasteiger partial charge in [0, 0.05) is 5.02 Å². The van der Waals surface area contributed by atoms with Gasteiger partial charge in [0.05, 0.1) is 0 Å². The van der Waals surface area contributed by atoms with Crippen molar-refractivity contribution >= 4 is 11.6 Å². The SMILES string of the molecule is Clc1cccc(-c2ccc3c(c2)Oc2ccccc2O3)c1. The van der Waals surface area contributed by atoms with Crippen LogP contribution in [0.5, 0.6) is 23.0 Å². The number of para-hydroxylation sites is 2. The molecule has 0 saturated carbocycles. The molecule has 1 aliphatic rings. The molecule has 2 nitrogen and oxygen atoms in total. The highest BCUT2D eigenvalue weighted by Crippen LogP contribution is 2.46. The summed E-state index contributed by atoms with van der Waals surface area (Å²) in [4.78, 5) is 0. The fourth-order valence-corrected chi connectivity index (χ4v) is 2.57. The zero-order valence-corrected chi connectivity index (χ0v) is 11.8. The Kier molecular flexibility index (Phi) is 2.83. The minimum atomic E-state index is 0.714. The van der Waals surface area contributed by atoms with Crippen molar-refractivity contribution < 1.29 is 9.47 Å². The van der Waals surface area contributed by atoms with E-state index in [0.29, 0.717) is 10.8 Å². The molecule has 21 heavy (non-hydrogen) atoms. The first kappa shape index (κ1) is 12.3. The van der Waals surface area contributed by atoms with Gasteiger partial charge in [0.1, 0.15) is 0 Å². The molecule has 0 atom stereocenters. The van der Waals surface area contributed by atoms with Gasteiger partial charge in [-0.25, -0.2) is 0 Å². The summed E-state index contributed by atoms with van der Waals surface area (Å²) >= 11 is 6.05. The lowest BCUT2D eigenvalue weighted by Crippen LogP contribution is -1.98. The highest BCUT2D eigenvalue weighted by atomic mass is 35.5. The Hall–Kier alpha value is -2.45. The Labute approximate surface area is 127 Å². The topological polar surface area (TPSA) is 18.5 Å². The maximum absolute atomic E-state index is 6.05. The van der Waals surface area contributed by atoms with Crippen LogP contribution in [0.1, 0.15) is 0 Å². The number of halogens is 1. The first-order valence-electron chi connectivity index (χ1n) is 6.64. The molecule has 0 amide bonds. The third-order valence-electron chi connectivity index (χ3n) is 3.39. The molecule has 3 heteroatoms. The van der Waals surface area contributed by atoms with Crippen LogP contribution in [0, 0.1) is 0 Å². The fraction of sp³-hybridized carbons (Fsp3) is 0. The molecule has 0 N–H and O–H groups in total. The molecule has 3 aromatic carbocycles. The molecule has 3 aromatic rings. The Morgan fingerprint density at radius 2 is 1.24 bits per heavy atom. The Balaban J connectivity index is 1.76. The maximum Gasteiger partial charge on any atom is 0.170 e. The van der Waals surface area contributed by atoms with Crippen molar-refractivity contribution in [1.29, 1.82) is 0 Å². The summed E-state index contributed by atoms with van der Waals surface area (Å²) < 4.78 is 11.8. The van der Waals surface area contributed by atoms with Crippen molar-refractivity contribution in [3.8, 4) is 34.1 Å². The molecule has 1 aliphatic heterocycles. The van der Waals surface area contributed by atoms with E-state index in [0.717, 1.165) is 28.4 Å². The van der Waals surface area contributed by atoms with Crippen LogP contribution in [0.3, 0.4) is 0 Å². The Morgan fingerprint density at radius 1 is 0.571 bits per heavy atom. The first-order valence-corrected chi connectivity index (χ1v) is 7.02. The lowest BCUT2D eigenvalue weighted by Gasteiger charge is -2.21. The van der Waals surface area contributed by atoms with Gasteiger partial charge in [-0.1, -0.05) is 41.9 Å². The van der Waals surface area contributed by atoms with Gasteiger partial charge in [0.15, 0.2) is 23.0 Å². The average Bonchev–Trinajstić information content (AvgIpc) is 2.52. The molecule has 0 radical (unpaired) electrons. The van der Waals surface area contributed by atoms with Gasteiger partial charge < -0.3 is 9.47 Å². The van der Waals surface area contributed by atoms with Crippen molar-refractivity contribution in [2.45, 2.75) is 0 Å². The molecule has 0 spiro atoms. The normalized spacial score (nSPS) is 11.9. The van der Waals surface area contributed by atoms with E-state index in [1.165, 1.54) is 0 Å². The second kappa shape index (κ2) is 4.83. The molecule has 1 heterocycles. The monoisotopic (exact) mass is 294 g/mol. The molecule has 0 saturated heterocycles. The quantitative estimate of drug-likeness (QED) is 0.435. The lowest BCUT2D eigenvalue weighted by atomic mass is 10.1. The Bertz CT molecular complexity index is 827. The van der Waals surface area contributed by atoms with Crippen LogP contribution in [0.4, 0.5) is 0 Å². The molecule has 0 fully saturated rings. The largest absolute Gasteiger partial charge is 0.450 e. The summed E-state index contributed by atoms with van der Waals surface area (Å²) in [6.45, 7) is 0. The summed E-state index contributed by atoms with van der Waals surface area (Å²) in [5.41, 5.74) is 2.09. The van der Waals surface area contributed by atoms with Crippen LogP contribution < -0.4 is 9.47 Å². The summed E-state index contributed by atoms with van der Waals surface area (Å²) in [7, 11) is 0. The van der Waals surface area contributed by atoms with Gasteiger partial charge in [0.25, 0.3) is 0 Å². The van der Waals surface area contributed by atoms with Gasteiger partial charge >= 0.3 is 0 Å². The van der Waals surface area contributed by atoms with Crippen molar-refractivity contribution in [1.82, 2.24) is 0 Å². The van der Waals surface area contributed by atoms with Crippen molar-refractivity contribution in [2.75, 3.05) is 0 Å². The average molecular weight is 295 g/mol. The zero-order chi connectivity index (χ0) is 14.2. The highest BCUT2D eigenvalue weighted by Gasteiger charge is 2.18. The zero-order valence-electron chi connectivity index (χ0n) is 11.0. The molecular weight excluding hydrogens is 284 g/mol. The third-order valence-corrected chi connectivity index (χ3v) is 3.63. The van der Waals surface area contributed by atoms with Crippen LogP contribution in [0.2, 0.25) is 5.02 Å². The van der Waals surface area contributed by atoms with Crippen LogP contribution in [0.15, 0.2) is 66.7 Å². The molecule has 0 unspecified atom stereocenters. The maximum atomic E-state index is 6.05. The number of hydrogen-bond acceptors (Lipinski definition) is 2. The third kappa shape index (κ3) is 2.24. The molecule has 0 aromatic heterocycles. The van der Waals surface area contributed by atoms with Gasteiger partial charge in [-0.15, -0.1) is 0 Å². The van der Waals surface area contributed by atoms with Crippen molar-refractivity contribution in [2.24, 2.45) is 0 Å². The summed E-state index contributed by atoms with van der Waals surface area (Å²) in [6.07, 6.45) is 0. The van der Waals surface area contributed by atoms with E-state index < -0.39 is 0 Å². The Morgan fingerprint density at radius 3 is 2.00 bits per heavy atom. The van der Waals surface area contributed by atoms with E-state index in [1.807, 2.05) is 66.7 Å². The van der Waals surface area contributed by atoms with Crippen LogP contribution in [-0.4, -0.2) is 0 Å². The molecule has 102 valence electrons. The predicted octanol–water partition coefficient (Wildman–Crippen LogP) is 5.91. The van der Waals surface area contributed by atoms with Gasteiger partial charge in [-0.3, -0.25) is 0 Å². The molecule has 0 bridgehead atoms. The lowest BCUT2D eigenvalue weighted by molar-refractivity contribution is 0.360. The van der Waals surface area contributed by atoms with E-state index in [1.54, 1.807) is 0 Å². The minimum Gasteiger partial charge on any atom is -0.450 e. The summed E-state index contributed by atoms with van der Waals surface area (Å²) in [6, 6.07) is 21.3. The van der Waals surface area contributed by atoms with Crippen molar-refractivity contribution in [3.63, 3.8) is 0 Å². The van der Waals surface area contributed by atoms with Crippen LogP contribution in [-0.2, 0) is 0 Å². The number of rotatable bonds is 1. The fourth-order valence-electron chi connectivity index (χ4n) is 2.38. The molecule has 0 aliphatic carbocycles. The van der Waals surface area contributed by atoms with E-state index in [-0.39, 0.29) is 0 Å². The van der Waals surface area contributed by atoms with E-state index >= 15 is 0 Å². The van der Waals surface area contributed by atoms with E-state index in [4.69, 9.17) is 21.1 Å².